The Kier molecular flexibility index (Phi) is 5.18. The van der Waals surface area contributed by atoms with Crippen LogP contribution in [-0.2, 0) is 14.4 Å². The van der Waals surface area contributed by atoms with Gasteiger partial charge in [0.2, 0.25) is 0 Å². The highest BCUT2D eigenvalue weighted by atomic mass is 16.4. The molecule has 1 unspecified atom stereocenters. The molecule has 4 N–H and O–H groups in total. The summed E-state index contributed by atoms with van der Waals surface area (Å²) in [5.74, 6) is -4.84. The van der Waals surface area contributed by atoms with E-state index >= 15 is 0 Å². The molecule has 7 nitrogen and oxygen atoms in total. The number of hydrogen-bond donors (Lipinski definition) is 4. The number of carbonyl (C=O) groups is 3. The Bertz CT molecular complexity index is 298. The Morgan fingerprint density at radius 1 is 1.20 bits per heavy atom. The Balaban J connectivity index is 4.28. The zero-order valence-electron chi connectivity index (χ0n) is 7.77. The maximum atomic E-state index is 11.1. The Morgan fingerprint density at radius 2 is 1.73 bits per heavy atom. The summed E-state index contributed by atoms with van der Waals surface area (Å²) < 4.78 is 0. The lowest BCUT2D eigenvalue weighted by atomic mass is 10.00. The number of hydrogen-bond acceptors (Lipinski definition) is 5. The van der Waals surface area contributed by atoms with E-state index in [1.165, 1.54) is 0 Å². The standard InChI is InChI=1S/C8H11NO6/c9-5(2-7(12)13)6(11)1-4(3-10)8(14)15/h4,9-10H,1-3H2,(H,12,13)(H,14,15). The lowest BCUT2D eigenvalue weighted by Gasteiger charge is -2.07. The van der Waals surface area contributed by atoms with Gasteiger partial charge in [0.1, 0.15) is 0 Å². The minimum Gasteiger partial charge on any atom is -0.481 e. The van der Waals surface area contributed by atoms with Crippen molar-refractivity contribution in [3.63, 3.8) is 0 Å². The number of aliphatic hydroxyl groups excluding tert-OH is 1. The minimum absolute atomic E-state index is 0.558. The molecule has 0 aliphatic heterocycles. The van der Waals surface area contributed by atoms with Gasteiger partial charge >= 0.3 is 11.9 Å². The van der Waals surface area contributed by atoms with E-state index < -0.39 is 48.8 Å². The van der Waals surface area contributed by atoms with Crippen LogP contribution in [0.4, 0.5) is 0 Å². The van der Waals surface area contributed by atoms with Gasteiger partial charge in [-0.25, -0.2) is 0 Å². The summed E-state index contributed by atoms with van der Waals surface area (Å²) in [6, 6.07) is 0. The number of carboxylic acid groups (broad SMARTS) is 2. The molecule has 0 bridgehead atoms. The molecule has 0 radical (unpaired) electrons. The molecule has 0 rings (SSSR count). The largest absolute Gasteiger partial charge is 0.481 e. The van der Waals surface area contributed by atoms with Gasteiger partial charge < -0.3 is 20.7 Å². The number of nitrogens with one attached hydrogen (secondary N) is 1. The first-order chi connectivity index (χ1) is 6.88. The van der Waals surface area contributed by atoms with Crippen LogP contribution in [0, 0.1) is 11.3 Å². The molecule has 0 aliphatic rings. The van der Waals surface area contributed by atoms with E-state index in [1.54, 1.807) is 0 Å². The third-order valence-corrected chi connectivity index (χ3v) is 1.67. The van der Waals surface area contributed by atoms with Crippen LogP contribution in [0.25, 0.3) is 0 Å². The fraction of sp³-hybridized carbons (Fsp3) is 0.500. The zero-order valence-corrected chi connectivity index (χ0v) is 7.77. The first-order valence-electron chi connectivity index (χ1n) is 4.04. The second kappa shape index (κ2) is 5.86. The van der Waals surface area contributed by atoms with Gasteiger partial charge in [-0.2, -0.15) is 0 Å². The number of aliphatic hydroxyl groups is 1. The van der Waals surface area contributed by atoms with Crippen LogP contribution in [0.2, 0.25) is 0 Å². The van der Waals surface area contributed by atoms with Gasteiger partial charge in [-0.1, -0.05) is 0 Å². The van der Waals surface area contributed by atoms with Gasteiger partial charge in [-0.05, 0) is 0 Å². The molecule has 0 amide bonds. The van der Waals surface area contributed by atoms with E-state index in [0.717, 1.165) is 0 Å². The van der Waals surface area contributed by atoms with Crippen LogP contribution in [0.1, 0.15) is 12.8 Å². The van der Waals surface area contributed by atoms with Gasteiger partial charge in [0.25, 0.3) is 0 Å². The van der Waals surface area contributed by atoms with Gasteiger partial charge in [-0.3, -0.25) is 14.4 Å². The van der Waals surface area contributed by atoms with E-state index in [1.807, 2.05) is 0 Å². The average molecular weight is 217 g/mol. The van der Waals surface area contributed by atoms with Crippen molar-refractivity contribution in [3.05, 3.63) is 0 Å². The van der Waals surface area contributed by atoms with Crippen LogP contribution in [-0.4, -0.2) is 45.4 Å². The molecular weight excluding hydrogens is 206 g/mol. The third-order valence-electron chi connectivity index (χ3n) is 1.67. The maximum Gasteiger partial charge on any atom is 0.309 e. The lowest BCUT2D eigenvalue weighted by molar-refractivity contribution is -0.144. The average Bonchev–Trinajstić information content (AvgIpc) is 2.11. The highest BCUT2D eigenvalue weighted by Crippen LogP contribution is 2.05. The molecule has 0 aromatic heterocycles. The fourth-order valence-corrected chi connectivity index (χ4v) is 0.827. The molecule has 7 heteroatoms. The predicted molar refractivity (Wildman–Crippen MR) is 47.8 cm³/mol. The summed E-state index contributed by atoms with van der Waals surface area (Å²) in [7, 11) is 0. The van der Waals surface area contributed by atoms with Crippen LogP contribution in [0.15, 0.2) is 0 Å². The van der Waals surface area contributed by atoms with E-state index in [4.69, 9.17) is 20.7 Å². The van der Waals surface area contributed by atoms with Gasteiger partial charge in [0.15, 0.2) is 5.78 Å². The highest BCUT2D eigenvalue weighted by molar-refractivity contribution is 6.41. The van der Waals surface area contributed by atoms with Crippen LogP contribution < -0.4 is 0 Å². The molecule has 0 spiro atoms. The van der Waals surface area contributed by atoms with Crippen LogP contribution in [0.5, 0.6) is 0 Å². The SMILES string of the molecule is N=C(CC(=O)O)C(=O)CC(CO)C(=O)O. The fourth-order valence-electron chi connectivity index (χ4n) is 0.827. The smallest absolute Gasteiger partial charge is 0.309 e. The Morgan fingerprint density at radius 3 is 2.07 bits per heavy atom. The molecule has 0 aliphatic carbocycles. The molecule has 1 atom stereocenters. The highest BCUT2D eigenvalue weighted by Gasteiger charge is 2.23. The molecule has 0 aromatic carbocycles. The van der Waals surface area contributed by atoms with Crippen molar-refractivity contribution in [3.8, 4) is 0 Å². The lowest BCUT2D eigenvalue weighted by Crippen LogP contribution is -2.26. The third kappa shape index (κ3) is 4.87. The molecule has 84 valence electrons. The number of rotatable bonds is 7. The van der Waals surface area contributed by atoms with Crippen molar-refractivity contribution in [2.75, 3.05) is 6.61 Å². The summed E-state index contributed by atoms with van der Waals surface area (Å²) in [4.78, 5) is 31.6. The monoisotopic (exact) mass is 217 g/mol. The normalized spacial score (nSPS) is 11.8. The molecule has 0 saturated heterocycles. The first-order valence-corrected chi connectivity index (χ1v) is 4.04. The van der Waals surface area contributed by atoms with Gasteiger partial charge in [0.05, 0.1) is 24.7 Å². The van der Waals surface area contributed by atoms with Crippen molar-refractivity contribution in [1.29, 1.82) is 5.41 Å². The van der Waals surface area contributed by atoms with E-state index in [9.17, 15) is 14.4 Å². The summed E-state index contributed by atoms with van der Waals surface area (Å²) in [6.45, 7) is -0.721. The molecule has 0 heterocycles. The van der Waals surface area contributed by atoms with E-state index in [2.05, 4.69) is 0 Å². The number of aliphatic carboxylic acids is 2. The molecular formula is C8H11NO6. The summed E-state index contributed by atoms with van der Waals surface area (Å²) >= 11 is 0. The summed E-state index contributed by atoms with van der Waals surface area (Å²) in [5, 5.41) is 32.4. The number of carboxylic acids is 2. The molecule has 0 saturated carbocycles. The van der Waals surface area contributed by atoms with E-state index in [0.29, 0.717) is 0 Å². The zero-order chi connectivity index (χ0) is 12.0. The quantitative estimate of drug-likeness (QED) is 0.409. The van der Waals surface area contributed by atoms with Crippen molar-refractivity contribution in [2.45, 2.75) is 12.8 Å². The van der Waals surface area contributed by atoms with Crippen molar-refractivity contribution in [1.82, 2.24) is 0 Å². The second-order valence-electron chi connectivity index (χ2n) is 2.89. The van der Waals surface area contributed by atoms with Crippen molar-refractivity contribution in [2.24, 2.45) is 5.92 Å². The topological polar surface area (TPSA) is 136 Å². The van der Waals surface area contributed by atoms with Crippen molar-refractivity contribution >= 4 is 23.4 Å². The summed E-state index contributed by atoms with van der Waals surface area (Å²) in [6.07, 6.45) is -1.30. The second-order valence-corrected chi connectivity index (χ2v) is 2.89. The number of carbonyl (C=O) groups excluding carboxylic acids is 1. The van der Waals surface area contributed by atoms with Crippen LogP contribution >= 0.6 is 0 Å². The Labute approximate surface area is 84.8 Å². The summed E-state index contributed by atoms with van der Waals surface area (Å²) in [5.41, 5.74) is -0.665. The Hall–Kier alpha value is -1.76. The van der Waals surface area contributed by atoms with Gasteiger partial charge in [-0.15, -0.1) is 0 Å². The molecule has 0 fully saturated rings. The predicted octanol–water partition coefficient (Wildman–Crippen LogP) is -0.867. The minimum atomic E-state index is -1.35. The number of Topliss-reactive ketones (excluding diaryl/α,β-unsaturated/α-hetero) is 1. The maximum absolute atomic E-state index is 11.1. The molecule has 0 aromatic rings. The van der Waals surface area contributed by atoms with Crippen LogP contribution in [0.3, 0.4) is 0 Å². The molecule has 15 heavy (non-hydrogen) atoms. The van der Waals surface area contributed by atoms with Crippen molar-refractivity contribution < 1.29 is 29.7 Å². The number of ketones is 1. The first kappa shape index (κ1) is 13.2. The van der Waals surface area contributed by atoms with Gasteiger partial charge in [0, 0.05) is 6.42 Å². The van der Waals surface area contributed by atoms with E-state index in [-0.39, 0.29) is 0 Å².